The summed E-state index contributed by atoms with van der Waals surface area (Å²) in [5.41, 5.74) is 0.528. The van der Waals surface area contributed by atoms with Crippen LogP contribution in [-0.2, 0) is 10.5 Å². The lowest BCUT2D eigenvalue weighted by atomic mass is 10.2. The summed E-state index contributed by atoms with van der Waals surface area (Å²) >= 11 is 7.06. The van der Waals surface area contributed by atoms with E-state index in [1.54, 1.807) is 19.2 Å². The molecule has 1 amide bonds. The van der Waals surface area contributed by atoms with Crippen LogP contribution in [0.4, 0.5) is 4.39 Å². The summed E-state index contributed by atoms with van der Waals surface area (Å²) in [4.78, 5) is 12.0. The number of hydrogen-bond donors (Lipinski definition) is 1. The van der Waals surface area contributed by atoms with Crippen molar-refractivity contribution in [2.75, 3.05) is 19.5 Å². The number of thioether (sulfide) groups is 1. The molecule has 0 unspecified atom stereocenters. The van der Waals surface area contributed by atoms with E-state index < -0.39 is 0 Å². The number of halogens is 2. The molecule has 0 saturated heterocycles. The van der Waals surface area contributed by atoms with Gasteiger partial charge in [-0.3, -0.25) is 4.79 Å². The standard InChI is InChI=1S/C19H21ClFNO3S/c1-13(10-25-18-6-4-3-5-17(18)24-2)22-19(23)12-26-11-14-7-8-15(20)9-16(14)21/h3-9,13H,10-12H2,1-2H3,(H,22,23)/t13-/m1/s1. The summed E-state index contributed by atoms with van der Waals surface area (Å²) in [5, 5.41) is 3.22. The molecule has 140 valence electrons. The molecule has 2 aromatic carbocycles. The van der Waals surface area contributed by atoms with Gasteiger partial charge in [-0.25, -0.2) is 4.39 Å². The number of ether oxygens (including phenoxy) is 2. The number of carbonyl (C=O) groups is 1. The fourth-order valence-corrected chi connectivity index (χ4v) is 3.19. The highest BCUT2D eigenvalue weighted by Gasteiger charge is 2.11. The topological polar surface area (TPSA) is 47.6 Å². The number of amides is 1. The van der Waals surface area contributed by atoms with Gasteiger partial charge in [-0.2, -0.15) is 0 Å². The predicted molar refractivity (Wildman–Crippen MR) is 104 cm³/mol. The van der Waals surface area contributed by atoms with E-state index >= 15 is 0 Å². The van der Waals surface area contributed by atoms with Crippen LogP contribution in [-0.4, -0.2) is 31.4 Å². The van der Waals surface area contributed by atoms with Crippen molar-refractivity contribution in [2.45, 2.75) is 18.7 Å². The SMILES string of the molecule is COc1ccccc1OC[C@@H](C)NC(=O)CSCc1ccc(Cl)cc1F. The van der Waals surface area contributed by atoms with E-state index in [4.69, 9.17) is 21.1 Å². The van der Waals surface area contributed by atoms with Gasteiger partial charge in [0.15, 0.2) is 11.5 Å². The number of rotatable bonds is 9. The largest absolute Gasteiger partial charge is 0.493 e. The Kier molecular flexibility index (Phi) is 8.06. The van der Waals surface area contributed by atoms with Crippen molar-refractivity contribution in [2.24, 2.45) is 0 Å². The van der Waals surface area contributed by atoms with E-state index in [0.717, 1.165) is 0 Å². The molecular weight excluding hydrogens is 377 g/mol. The molecule has 7 heteroatoms. The number of benzene rings is 2. The number of para-hydroxylation sites is 2. The molecule has 1 atom stereocenters. The van der Waals surface area contributed by atoms with E-state index in [0.29, 0.717) is 34.4 Å². The summed E-state index contributed by atoms with van der Waals surface area (Å²) in [7, 11) is 1.58. The van der Waals surface area contributed by atoms with Crippen LogP contribution in [0.2, 0.25) is 5.02 Å². The predicted octanol–water partition coefficient (Wildman–Crippen LogP) is 4.30. The highest BCUT2D eigenvalue weighted by atomic mass is 35.5. The minimum absolute atomic E-state index is 0.125. The van der Waals surface area contributed by atoms with Gasteiger partial charge in [-0.15, -0.1) is 11.8 Å². The van der Waals surface area contributed by atoms with Gasteiger partial charge < -0.3 is 14.8 Å². The molecule has 4 nitrogen and oxygen atoms in total. The van der Waals surface area contributed by atoms with Crippen molar-refractivity contribution in [1.82, 2.24) is 5.32 Å². The van der Waals surface area contributed by atoms with Crippen molar-refractivity contribution in [3.05, 3.63) is 58.9 Å². The van der Waals surface area contributed by atoms with Crippen LogP contribution in [0, 0.1) is 5.82 Å². The van der Waals surface area contributed by atoms with Crippen molar-refractivity contribution < 1.29 is 18.7 Å². The monoisotopic (exact) mass is 397 g/mol. The maximum Gasteiger partial charge on any atom is 0.230 e. The molecule has 2 aromatic rings. The average Bonchev–Trinajstić information content (AvgIpc) is 2.62. The van der Waals surface area contributed by atoms with Gasteiger partial charge in [0.05, 0.1) is 18.9 Å². The van der Waals surface area contributed by atoms with Gasteiger partial charge in [0.25, 0.3) is 0 Å². The zero-order chi connectivity index (χ0) is 18.9. The lowest BCUT2D eigenvalue weighted by Crippen LogP contribution is -2.37. The Balaban J connectivity index is 1.71. The third kappa shape index (κ3) is 6.42. The first-order valence-corrected chi connectivity index (χ1v) is 9.59. The van der Waals surface area contributed by atoms with E-state index in [-0.39, 0.29) is 23.5 Å². The Morgan fingerprint density at radius 3 is 2.69 bits per heavy atom. The fraction of sp³-hybridized carbons (Fsp3) is 0.316. The first kappa shape index (κ1) is 20.4. The van der Waals surface area contributed by atoms with Crippen molar-refractivity contribution in [3.8, 4) is 11.5 Å². The Hall–Kier alpha value is -1.92. The fourth-order valence-electron chi connectivity index (χ4n) is 2.20. The lowest BCUT2D eigenvalue weighted by Gasteiger charge is -2.16. The van der Waals surface area contributed by atoms with Crippen LogP contribution in [0.5, 0.6) is 11.5 Å². The van der Waals surface area contributed by atoms with Crippen molar-refractivity contribution in [1.29, 1.82) is 0 Å². The molecule has 0 bridgehead atoms. The zero-order valence-electron chi connectivity index (χ0n) is 14.6. The Labute approximate surface area is 162 Å². The van der Waals surface area contributed by atoms with Crippen LogP contribution < -0.4 is 14.8 Å². The molecule has 0 aliphatic heterocycles. The molecule has 0 aliphatic carbocycles. The third-order valence-corrected chi connectivity index (χ3v) is 4.69. The smallest absolute Gasteiger partial charge is 0.230 e. The molecule has 0 heterocycles. The molecule has 26 heavy (non-hydrogen) atoms. The Morgan fingerprint density at radius 2 is 2.00 bits per heavy atom. The van der Waals surface area contributed by atoms with E-state index in [9.17, 15) is 9.18 Å². The first-order valence-electron chi connectivity index (χ1n) is 8.06. The number of nitrogens with one attached hydrogen (secondary N) is 1. The molecule has 0 aromatic heterocycles. The molecule has 0 spiro atoms. The summed E-state index contributed by atoms with van der Waals surface area (Å²) in [6.45, 7) is 2.18. The highest BCUT2D eigenvalue weighted by molar-refractivity contribution is 7.99. The van der Waals surface area contributed by atoms with Gasteiger partial charge in [0.2, 0.25) is 5.91 Å². The quantitative estimate of drug-likeness (QED) is 0.685. The molecule has 0 saturated carbocycles. The van der Waals surface area contributed by atoms with Gasteiger partial charge >= 0.3 is 0 Å². The van der Waals surface area contributed by atoms with E-state index in [1.807, 2.05) is 31.2 Å². The lowest BCUT2D eigenvalue weighted by molar-refractivity contribution is -0.119. The van der Waals surface area contributed by atoms with Crippen LogP contribution in [0.25, 0.3) is 0 Å². The van der Waals surface area contributed by atoms with Crippen molar-refractivity contribution in [3.63, 3.8) is 0 Å². The second kappa shape index (κ2) is 10.3. The van der Waals surface area contributed by atoms with Crippen LogP contribution >= 0.6 is 23.4 Å². The molecular formula is C19H21ClFNO3S. The average molecular weight is 398 g/mol. The summed E-state index contributed by atoms with van der Waals surface area (Å²) in [6, 6.07) is 11.7. The maximum absolute atomic E-state index is 13.7. The first-order chi connectivity index (χ1) is 12.5. The van der Waals surface area contributed by atoms with Crippen LogP contribution in [0.15, 0.2) is 42.5 Å². The number of hydrogen-bond acceptors (Lipinski definition) is 4. The molecule has 0 fully saturated rings. The summed E-state index contributed by atoms with van der Waals surface area (Å²) < 4.78 is 24.6. The van der Waals surface area contributed by atoms with Gasteiger partial charge in [0.1, 0.15) is 12.4 Å². The minimum atomic E-state index is -0.357. The highest BCUT2D eigenvalue weighted by Crippen LogP contribution is 2.25. The van der Waals surface area contributed by atoms with Crippen LogP contribution in [0.3, 0.4) is 0 Å². The molecule has 1 N–H and O–H groups in total. The third-order valence-electron chi connectivity index (χ3n) is 3.47. The summed E-state index contributed by atoms with van der Waals surface area (Å²) in [5.74, 6) is 1.43. The van der Waals surface area contributed by atoms with Crippen molar-refractivity contribution >= 4 is 29.3 Å². The minimum Gasteiger partial charge on any atom is -0.493 e. The maximum atomic E-state index is 13.7. The second-order valence-corrected chi connectivity index (χ2v) is 7.08. The Morgan fingerprint density at radius 1 is 1.27 bits per heavy atom. The van der Waals surface area contributed by atoms with Crippen LogP contribution in [0.1, 0.15) is 12.5 Å². The normalized spacial score (nSPS) is 11.7. The second-order valence-electron chi connectivity index (χ2n) is 5.66. The molecule has 2 rings (SSSR count). The van der Waals surface area contributed by atoms with E-state index in [1.165, 1.54) is 17.8 Å². The number of methoxy groups -OCH3 is 1. The van der Waals surface area contributed by atoms with E-state index in [2.05, 4.69) is 5.32 Å². The van der Waals surface area contributed by atoms with Gasteiger partial charge in [-0.1, -0.05) is 29.8 Å². The zero-order valence-corrected chi connectivity index (χ0v) is 16.2. The number of carbonyl (C=O) groups excluding carboxylic acids is 1. The molecule has 0 radical (unpaired) electrons. The molecule has 0 aliphatic rings. The Bertz CT molecular complexity index is 744. The summed E-state index contributed by atoms with van der Waals surface area (Å²) in [6.07, 6.45) is 0. The van der Waals surface area contributed by atoms with Gasteiger partial charge in [0, 0.05) is 10.8 Å². The van der Waals surface area contributed by atoms with Gasteiger partial charge in [-0.05, 0) is 36.8 Å².